The van der Waals surface area contributed by atoms with Gasteiger partial charge in [-0.15, -0.1) is 23.7 Å². The lowest BCUT2D eigenvalue weighted by atomic mass is 10.0. The van der Waals surface area contributed by atoms with Crippen molar-refractivity contribution in [2.75, 3.05) is 13.2 Å². The number of hydrogen-bond acceptors (Lipinski definition) is 5. The second-order valence-electron chi connectivity index (χ2n) is 5.38. The van der Waals surface area contributed by atoms with Crippen LogP contribution in [0.15, 0.2) is 0 Å². The second-order valence-corrected chi connectivity index (χ2v) is 6.46. The zero-order valence-corrected chi connectivity index (χ0v) is 15.9. The Labute approximate surface area is 145 Å². The number of rotatable bonds is 10. The van der Waals surface area contributed by atoms with E-state index in [9.17, 15) is 14.2 Å². The molecule has 0 aromatic rings. The van der Waals surface area contributed by atoms with Crippen molar-refractivity contribution in [2.45, 2.75) is 53.4 Å². The topological polar surface area (TPSA) is 69.7 Å². The van der Waals surface area contributed by atoms with Gasteiger partial charge in [-0.25, -0.2) is 0 Å². The van der Waals surface area contributed by atoms with E-state index in [0.717, 1.165) is 12.8 Å². The molecule has 0 aromatic carbocycles. The highest BCUT2D eigenvalue weighted by Crippen LogP contribution is 2.24. The first-order valence-corrected chi connectivity index (χ1v) is 9.41. The Balaban J connectivity index is 4.05. The Hall–Kier alpha value is -1.39. The van der Waals surface area contributed by atoms with E-state index in [0.29, 0.717) is 12.8 Å². The van der Waals surface area contributed by atoms with Crippen LogP contribution in [0.2, 0.25) is 0 Å². The van der Waals surface area contributed by atoms with Gasteiger partial charge in [-0.05, 0) is 0 Å². The van der Waals surface area contributed by atoms with Crippen LogP contribution in [0.5, 0.6) is 0 Å². The molecule has 0 saturated carbocycles. The molecule has 0 amide bonds. The second kappa shape index (κ2) is 14.0. The average Bonchev–Trinajstić information content (AvgIpc) is 2.57. The van der Waals surface area contributed by atoms with Crippen LogP contribution in [0.3, 0.4) is 0 Å². The zero-order chi connectivity index (χ0) is 18.4. The molecule has 0 bridgehead atoms. The molecule has 5 nitrogen and oxygen atoms in total. The highest BCUT2D eigenvalue weighted by Gasteiger charge is 2.16. The van der Waals surface area contributed by atoms with Crippen molar-refractivity contribution in [3.05, 3.63) is 0 Å². The number of ketones is 2. The molecule has 2 atom stereocenters. The summed E-state index contributed by atoms with van der Waals surface area (Å²) in [5, 5.41) is 0. The third-order valence-corrected chi connectivity index (χ3v) is 3.94. The molecular formula is C18H27O5P. The highest BCUT2D eigenvalue weighted by molar-refractivity contribution is 7.33. The first kappa shape index (κ1) is 22.6. The molecule has 0 aromatic heterocycles. The fraction of sp³-hybridized carbons (Fsp3) is 0.667. The Morgan fingerprint density at radius 1 is 0.833 bits per heavy atom. The van der Waals surface area contributed by atoms with E-state index < -0.39 is 8.25 Å². The predicted octanol–water partition coefficient (Wildman–Crippen LogP) is 3.43. The summed E-state index contributed by atoms with van der Waals surface area (Å²) in [6.07, 6.45) is 2.39. The molecule has 0 saturated heterocycles. The molecular weight excluding hydrogens is 327 g/mol. The van der Waals surface area contributed by atoms with Crippen molar-refractivity contribution in [3.63, 3.8) is 0 Å². The van der Waals surface area contributed by atoms with Gasteiger partial charge in [0.25, 0.3) is 0 Å². The molecule has 0 rings (SSSR count). The Kier molecular flexibility index (Phi) is 13.2. The van der Waals surface area contributed by atoms with Crippen LogP contribution >= 0.6 is 8.25 Å². The lowest BCUT2D eigenvalue weighted by Crippen LogP contribution is -2.17. The monoisotopic (exact) mass is 354 g/mol. The summed E-state index contributed by atoms with van der Waals surface area (Å²) >= 11 is 0. The van der Waals surface area contributed by atoms with Gasteiger partial charge in [0.1, 0.15) is 13.2 Å². The number of hydrogen-bond donors (Lipinski definition) is 0. The van der Waals surface area contributed by atoms with Crippen molar-refractivity contribution in [2.24, 2.45) is 11.8 Å². The maximum Gasteiger partial charge on any atom is 0.319 e. The maximum atomic E-state index is 11.8. The molecule has 0 heterocycles. The summed E-state index contributed by atoms with van der Waals surface area (Å²) in [7, 11) is -2.86. The van der Waals surface area contributed by atoms with Crippen molar-refractivity contribution in [1.29, 1.82) is 0 Å². The van der Waals surface area contributed by atoms with Gasteiger partial charge in [-0.1, -0.05) is 27.7 Å². The van der Waals surface area contributed by atoms with E-state index in [1.54, 1.807) is 13.8 Å². The van der Waals surface area contributed by atoms with Crippen molar-refractivity contribution in [3.8, 4) is 23.7 Å². The lowest BCUT2D eigenvalue weighted by molar-refractivity contribution is -0.124. The summed E-state index contributed by atoms with van der Waals surface area (Å²) < 4.78 is 21.4. The minimum Gasteiger partial charge on any atom is -0.303 e. The molecule has 0 N–H and O–H groups in total. The van der Waals surface area contributed by atoms with Crippen LogP contribution < -0.4 is 0 Å². The first-order valence-electron chi connectivity index (χ1n) is 8.18. The third-order valence-electron chi connectivity index (χ3n) is 3.18. The van der Waals surface area contributed by atoms with E-state index in [-0.39, 0.29) is 36.6 Å². The number of carbonyl (C=O) groups excluding carboxylic acids is 2. The smallest absolute Gasteiger partial charge is 0.303 e. The zero-order valence-electron chi connectivity index (χ0n) is 14.9. The van der Waals surface area contributed by atoms with Crippen molar-refractivity contribution >= 4 is 19.8 Å². The normalized spacial score (nSPS) is 12.5. The van der Waals surface area contributed by atoms with Gasteiger partial charge in [-0.2, -0.15) is 0 Å². The largest absolute Gasteiger partial charge is 0.319 e. The molecule has 6 heteroatoms. The molecule has 0 aliphatic carbocycles. The van der Waals surface area contributed by atoms with E-state index in [4.69, 9.17) is 9.05 Å². The van der Waals surface area contributed by atoms with E-state index in [1.165, 1.54) is 0 Å². The predicted molar refractivity (Wildman–Crippen MR) is 94.6 cm³/mol. The molecule has 134 valence electrons. The number of Topliss-reactive ketones (excluding diaryl/α,β-unsaturated/α-hetero) is 2. The van der Waals surface area contributed by atoms with Gasteiger partial charge in [0, 0.05) is 37.5 Å². The summed E-state index contributed by atoms with van der Waals surface area (Å²) in [5.41, 5.74) is 0. The van der Waals surface area contributed by atoms with Crippen LogP contribution in [-0.2, 0) is 23.2 Å². The van der Waals surface area contributed by atoms with Crippen LogP contribution in [0, 0.1) is 35.5 Å². The van der Waals surface area contributed by atoms with Crippen molar-refractivity contribution < 1.29 is 23.2 Å². The van der Waals surface area contributed by atoms with Gasteiger partial charge < -0.3 is 9.05 Å². The lowest BCUT2D eigenvalue weighted by Gasteiger charge is -2.09. The summed E-state index contributed by atoms with van der Waals surface area (Å²) in [5.74, 6) is 10.6. The Bertz CT molecular complexity index is 499. The van der Waals surface area contributed by atoms with Gasteiger partial charge in [0.05, 0.1) is 0 Å². The fourth-order valence-corrected chi connectivity index (χ4v) is 2.12. The van der Waals surface area contributed by atoms with E-state index >= 15 is 0 Å². The van der Waals surface area contributed by atoms with Crippen molar-refractivity contribution in [1.82, 2.24) is 0 Å². The summed E-state index contributed by atoms with van der Waals surface area (Å²) in [6, 6.07) is 0. The SMILES string of the molecule is CCC#CC[C@H](C)C(=O)CO[PH](=O)OCC(=O)[C@@H](C)CC#CCC. The Morgan fingerprint density at radius 2 is 1.21 bits per heavy atom. The highest BCUT2D eigenvalue weighted by atomic mass is 31.1. The van der Waals surface area contributed by atoms with Crippen LogP contribution in [0.1, 0.15) is 53.4 Å². The van der Waals surface area contributed by atoms with Crippen LogP contribution in [0.4, 0.5) is 0 Å². The average molecular weight is 354 g/mol. The Morgan fingerprint density at radius 3 is 1.54 bits per heavy atom. The molecule has 0 radical (unpaired) electrons. The molecule has 0 spiro atoms. The van der Waals surface area contributed by atoms with Gasteiger partial charge in [-0.3, -0.25) is 14.2 Å². The molecule has 0 unspecified atom stereocenters. The van der Waals surface area contributed by atoms with E-state index in [2.05, 4.69) is 23.7 Å². The molecule has 0 aliphatic rings. The van der Waals surface area contributed by atoms with Crippen LogP contribution in [0.25, 0.3) is 0 Å². The quantitative estimate of drug-likeness (QED) is 0.444. The van der Waals surface area contributed by atoms with Gasteiger partial charge in [0.15, 0.2) is 11.6 Å². The van der Waals surface area contributed by atoms with Gasteiger partial charge >= 0.3 is 8.25 Å². The summed E-state index contributed by atoms with van der Waals surface area (Å²) in [4.78, 5) is 23.6. The third kappa shape index (κ3) is 11.2. The molecule has 24 heavy (non-hydrogen) atoms. The molecule has 0 aliphatic heterocycles. The minimum atomic E-state index is -2.86. The van der Waals surface area contributed by atoms with Crippen LogP contribution in [-0.4, -0.2) is 24.8 Å². The van der Waals surface area contributed by atoms with Gasteiger partial charge in [0.2, 0.25) is 0 Å². The van der Waals surface area contributed by atoms with E-state index in [1.807, 2.05) is 13.8 Å². The minimum absolute atomic E-state index is 0.183. The standard InChI is InChI=1S/C18H27O5P/c1-5-7-9-11-15(3)17(19)13-22-24(21)23-14-18(20)16(4)12-10-8-6-2/h15-16,24H,5-6,11-14H2,1-4H3/t15-,16-/m0/s1. The summed E-state index contributed by atoms with van der Waals surface area (Å²) in [6.45, 7) is 6.78. The number of carbonyl (C=O) groups is 2. The first-order chi connectivity index (χ1) is 11.4. The maximum absolute atomic E-state index is 11.8. The fourth-order valence-electron chi connectivity index (χ4n) is 1.51. The molecule has 0 fully saturated rings.